The van der Waals surface area contributed by atoms with Crippen LogP contribution in [0.5, 0.6) is 0 Å². The van der Waals surface area contributed by atoms with E-state index in [1.54, 1.807) is 6.92 Å². The van der Waals surface area contributed by atoms with E-state index >= 15 is 0 Å². The van der Waals surface area contributed by atoms with Crippen LogP contribution in [0.4, 0.5) is 15.9 Å². The number of nitrogens with two attached hydrogens (primary N) is 1. The summed E-state index contributed by atoms with van der Waals surface area (Å²) < 4.78 is 45.0. The number of nitrogen functional groups attached to an aromatic ring is 1. The predicted octanol–water partition coefficient (Wildman–Crippen LogP) is 2.92. The van der Waals surface area contributed by atoms with Crippen molar-refractivity contribution >= 4 is 49.1 Å². The fraction of sp³-hybridized carbons (Fsp3) is 0.100. The molecule has 0 radical (unpaired) electrons. The number of anilines is 2. The summed E-state index contributed by atoms with van der Waals surface area (Å²) in [5, 5.41) is 3.43. The van der Waals surface area contributed by atoms with Gasteiger partial charge in [-0.1, -0.05) is 16.8 Å². The molecule has 10 heteroatoms. The van der Waals surface area contributed by atoms with Gasteiger partial charge in [-0.15, -0.1) is 0 Å². The minimum absolute atomic E-state index is 0.0272. The lowest BCUT2D eigenvalue weighted by molar-refractivity contribution is 0.400. The maximum absolute atomic E-state index is 14.0. The summed E-state index contributed by atoms with van der Waals surface area (Å²) >= 11 is 8.75. The maximum Gasteiger partial charge on any atom is 0.266 e. The van der Waals surface area contributed by atoms with E-state index in [-0.39, 0.29) is 15.3 Å². The van der Waals surface area contributed by atoms with Crippen LogP contribution >= 0.6 is 27.5 Å². The van der Waals surface area contributed by atoms with E-state index in [0.29, 0.717) is 5.76 Å². The Morgan fingerprint density at radius 1 is 1.50 bits per heavy atom. The second-order valence-electron chi connectivity index (χ2n) is 3.83. The molecule has 0 amide bonds. The highest BCUT2D eigenvalue weighted by molar-refractivity contribution is 9.10. The predicted molar refractivity (Wildman–Crippen MR) is 75.6 cm³/mol. The molecule has 0 atom stereocenters. The van der Waals surface area contributed by atoms with E-state index in [1.807, 2.05) is 0 Å². The molecule has 0 aliphatic rings. The van der Waals surface area contributed by atoms with Gasteiger partial charge in [0, 0.05) is 6.07 Å². The summed E-state index contributed by atoms with van der Waals surface area (Å²) in [5.74, 6) is -0.773. The molecule has 0 saturated carbocycles. The Bertz CT molecular complexity index is 778. The molecule has 0 spiro atoms. The van der Waals surface area contributed by atoms with Crippen molar-refractivity contribution in [2.24, 2.45) is 0 Å². The number of hydrogen-bond acceptors (Lipinski definition) is 5. The SMILES string of the molecule is Cc1cc(NS(=O)(=O)c2cc(Cl)c(Br)c(N)c2F)no1. The Hall–Kier alpha value is -1.32. The fourth-order valence-corrected chi connectivity index (χ4v) is 3.07. The molecule has 0 aliphatic carbocycles. The van der Waals surface area contributed by atoms with Gasteiger partial charge in [-0.3, -0.25) is 4.72 Å². The minimum atomic E-state index is -4.23. The largest absolute Gasteiger partial charge is 0.395 e. The van der Waals surface area contributed by atoms with Crippen LogP contribution in [0.25, 0.3) is 0 Å². The lowest BCUT2D eigenvalue weighted by atomic mass is 10.3. The second kappa shape index (κ2) is 5.23. The Morgan fingerprint density at radius 3 is 2.70 bits per heavy atom. The Morgan fingerprint density at radius 2 is 2.15 bits per heavy atom. The summed E-state index contributed by atoms with van der Waals surface area (Å²) in [6.45, 7) is 1.58. The summed E-state index contributed by atoms with van der Waals surface area (Å²) in [5.41, 5.74) is 5.05. The van der Waals surface area contributed by atoms with Crippen molar-refractivity contribution in [1.29, 1.82) is 0 Å². The van der Waals surface area contributed by atoms with Gasteiger partial charge in [0.1, 0.15) is 10.7 Å². The molecule has 2 rings (SSSR count). The number of hydrogen-bond donors (Lipinski definition) is 2. The minimum Gasteiger partial charge on any atom is -0.395 e. The van der Waals surface area contributed by atoms with Gasteiger partial charge in [0.25, 0.3) is 10.0 Å². The highest BCUT2D eigenvalue weighted by Crippen LogP contribution is 2.35. The van der Waals surface area contributed by atoms with Gasteiger partial charge in [-0.25, -0.2) is 12.8 Å². The summed E-state index contributed by atoms with van der Waals surface area (Å²) in [7, 11) is -4.23. The van der Waals surface area contributed by atoms with Gasteiger partial charge >= 0.3 is 0 Å². The monoisotopic (exact) mass is 383 g/mol. The van der Waals surface area contributed by atoms with E-state index < -0.39 is 26.4 Å². The number of nitrogens with one attached hydrogen (secondary N) is 1. The highest BCUT2D eigenvalue weighted by atomic mass is 79.9. The smallest absolute Gasteiger partial charge is 0.266 e. The third-order valence-corrected chi connectivity index (χ3v) is 5.05. The molecule has 6 nitrogen and oxygen atoms in total. The molecule has 108 valence electrons. The fourth-order valence-electron chi connectivity index (χ4n) is 1.40. The van der Waals surface area contributed by atoms with Crippen LogP contribution in [0, 0.1) is 12.7 Å². The van der Waals surface area contributed by atoms with Gasteiger partial charge in [-0.2, -0.15) is 0 Å². The zero-order valence-electron chi connectivity index (χ0n) is 9.95. The Balaban J connectivity index is 2.50. The molecule has 0 bridgehead atoms. The molecule has 20 heavy (non-hydrogen) atoms. The van der Waals surface area contributed by atoms with Gasteiger partial charge in [0.15, 0.2) is 11.6 Å². The average Bonchev–Trinajstić information content (AvgIpc) is 2.75. The van der Waals surface area contributed by atoms with Crippen LogP contribution < -0.4 is 10.5 Å². The van der Waals surface area contributed by atoms with Crippen LogP contribution in [0.1, 0.15) is 5.76 Å². The van der Waals surface area contributed by atoms with Crippen molar-refractivity contribution in [3.8, 4) is 0 Å². The Labute approximate surface area is 127 Å². The lowest BCUT2D eigenvalue weighted by Gasteiger charge is -2.10. The number of rotatable bonds is 3. The van der Waals surface area contributed by atoms with Crippen LogP contribution in [0.2, 0.25) is 5.02 Å². The second-order valence-corrected chi connectivity index (χ2v) is 6.68. The Kier molecular flexibility index (Phi) is 3.94. The van der Waals surface area contributed by atoms with Crippen LogP contribution in [0.3, 0.4) is 0 Å². The number of benzene rings is 1. The van der Waals surface area contributed by atoms with Crippen molar-refractivity contribution < 1.29 is 17.3 Å². The number of sulfonamides is 1. The van der Waals surface area contributed by atoms with Gasteiger partial charge < -0.3 is 10.3 Å². The van der Waals surface area contributed by atoms with Crippen molar-refractivity contribution in [3.63, 3.8) is 0 Å². The third kappa shape index (κ3) is 2.74. The molecule has 2 aromatic rings. The molecule has 3 N–H and O–H groups in total. The molecule has 1 heterocycles. The highest BCUT2D eigenvalue weighted by Gasteiger charge is 2.25. The quantitative estimate of drug-likeness (QED) is 0.626. The van der Waals surface area contributed by atoms with Crippen LogP contribution in [-0.4, -0.2) is 13.6 Å². The zero-order valence-corrected chi connectivity index (χ0v) is 13.1. The molecule has 1 aromatic carbocycles. The first kappa shape index (κ1) is 15.1. The lowest BCUT2D eigenvalue weighted by Crippen LogP contribution is -2.16. The van der Waals surface area contributed by atoms with E-state index in [1.165, 1.54) is 6.07 Å². The van der Waals surface area contributed by atoms with Crippen molar-refractivity contribution in [2.75, 3.05) is 10.5 Å². The normalized spacial score (nSPS) is 11.6. The molecule has 0 unspecified atom stereocenters. The van der Waals surface area contributed by atoms with E-state index in [9.17, 15) is 12.8 Å². The first-order valence-corrected chi connectivity index (χ1v) is 7.77. The summed E-state index contributed by atoms with van der Waals surface area (Å²) in [6, 6.07) is 2.30. The van der Waals surface area contributed by atoms with Crippen LogP contribution in [-0.2, 0) is 10.0 Å². The number of aryl methyl sites for hydroxylation is 1. The molecule has 0 fully saturated rings. The van der Waals surface area contributed by atoms with E-state index in [4.69, 9.17) is 21.9 Å². The van der Waals surface area contributed by atoms with Crippen molar-refractivity contribution in [3.05, 3.63) is 33.2 Å². The summed E-state index contributed by atoms with van der Waals surface area (Å²) in [6.07, 6.45) is 0. The zero-order chi connectivity index (χ0) is 15.1. The third-order valence-electron chi connectivity index (χ3n) is 2.31. The average molecular weight is 385 g/mol. The molecule has 1 aromatic heterocycles. The van der Waals surface area contributed by atoms with Gasteiger partial charge in [0.2, 0.25) is 0 Å². The van der Waals surface area contributed by atoms with E-state index in [2.05, 4.69) is 25.8 Å². The first-order valence-electron chi connectivity index (χ1n) is 5.11. The summed E-state index contributed by atoms with van der Waals surface area (Å²) in [4.78, 5) is -0.677. The number of halogens is 3. The first-order chi connectivity index (χ1) is 9.22. The van der Waals surface area contributed by atoms with Crippen LogP contribution in [0.15, 0.2) is 26.0 Å². The standard InChI is InChI=1S/C10H8BrClFN3O3S/c1-4-2-7(15-19-4)16-20(17,18)6-3-5(12)8(11)10(14)9(6)13/h2-3H,14H2,1H3,(H,15,16). The topological polar surface area (TPSA) is 98.2 Å². The maximum atomic E-state index is 14.0. The van der Waals surface area contributed by atoms with Crippen molar-refractivity contribution in [1.82, 2.24) is 5.16 Å². The molecule has 0 aliphatic heterocycles. The van der Waals surface area contributed by atoms with Crippen molar-refractivity contribution in [2.45, 2.75) is 11.8 Å². The van der Waals surface area contributed by atoms with Gasteiger partial charge in [-0.05, 0) is 28.9 Å². The molecular formula is C10H8BrClFN3O3S. The number of aromatic nitrogens is 1. The van der Waals surface area contributed by atoms with E-state index in [0.717, 1.165) is 6.07 Å². The molecule has 0 saturated heterocycles. The van der Waals surface area contributed by atoms with Gasteiger partial charge in [0.05, 0.1) is 15.2 Å². The number of nitrogens with zero attached hydrogens (tertiary/aromatic N) is 1. The molecular weight excluding hydrogens is 377 g/mol.